The van der Waals surface area contributed by atoms with Crippen LogP contribution in [0.15, 0.2) is 42.5 Å². The molecule has 0 saturated heterocycles. The summed E-state index contributed by atoms with van der Waals surface area (Å²) < 4.78 is 32.9. The second-order valence-corrected chi connectivity index (χ2v) is 5.58. The van der Waals surface area contributed by atoms with E-state index in [2.05, 4.69) is 5.32 Å². The summed E-state index contributed by atoms with van der Waals surface area (Å²) in [5.41, 5.74) is 0.602. The van der Waals surface area contributed by atoms with Gasteiger partial charge in [-0.05, 0) is 12.0 Å². The quantitative estimate of drug-likeness (QED) is 0.638. The van der Waals surface area contributed by atoms with E-state index in [1.807, 2.05) is 0 Å². The maximum absolute atomic E-state index is 13.9. The van der Waals surface area contributed by atoms with Crippen molar-refractivity contribution in [2.24, 2.45) is 5.92 Å². The molecule has 0 bridgehead atoms. The minimum Gasteiger partial charge on any atom is -0.463 e. The largest absolute Gasteiger partial charge is 0.463 e. The van der Waals surface area contributed by atoms with Crippen LogP contribution < -0.4 is 5.32 Å². The van der Waals surface area contributed by atoms with Gasteiger partial charge in [0.1, 0.15) is 6.61 Å². The Bertz CT molecular complexity index is 587. The molecule has 1 aromatic carbocycles. The Balaban J connectivity index is 2.26. The van der Waals surface area contributed by atoms with E-state index in [4.69, 9.17) is 4.74 Å². The van der Waals surface area contributed by atoms with Gasteiger partial charge in [-0.2, -0.15) is 8.78 Å². The fourth-order valence-corrected chi connectivity index (χ4v) is 2.20. The summed E-state index contributed by atoms with van der Waals surface area (Å²) in [5, 5.41) is 2.28. The molecule has 0 aliphatic carbocycles. The van der Waals surface area contributed by atoms with Crippen molar-refractivity contribution in [1.29, 1.82) is 0 Å². The highest BCUT2D eigenvalue weighted by atomic mass is 19.3. The third-order valence-electron chi connectivity index (χ3n) is 3.66. The number of carbonyl (C=O) groups excluding carboxylic acids is 2. The van der Waals surface area contributed by atoms with Crippen molar-refractivity contribution in [3.05, 3.63) is 48.0 Å². The van der Waals surface area contributed by atoms with Crippen molar-refractivity contribution in [2.75, 3.05) is 6.61 Å². The number of hydrogen-bond donors (Lipinski definition) is 1. The van der Waals surface area contributed by atoms with Crippen molar-refractivity contribution < 1.29 is 23.1 Å². The van der Waals surface area contributed by atoms with Gasteiger partial charge >= 0.3 is 11.9 Å². The normalized spacial score (nSPS) is 27.1. The van der Waals surface area contributed by atoms with Gasteiger partial charge in [0, 0.05) is 6.42 Å². The van der Waals surface area contributed by atoms with Crippen LogP contribution in [-0.4, -0.2) is 24.4 Å². The number of esters is 1. The molecule has 0 fully saturated rings. The van der Waals surface area contributed by atoms with Crippen molar-refractivity contribution >= 4 is 11.9 Å². The molecule has 1 aliphatic rings. The van der Waals surface area contributed by atoms with Crippen molar-refractivity contribution in [2.45, 2.75) is 31.7 Å². The molecule has 1 amide bonds. The third kappa shape index (κ3) is 4.61. The van der Waals surface area contributed by atoms with E-state index < -0.39 is 36.2 Å². The number of allylic oxidation sites excluding steroid dienone is 2. The van der Waals surface area contributed by atoms with Gasteiger partial charge in [-0.15, -0.1) is 0 Å². The number of ether oxygens (including phenoxy) is 1. The lowest BCUT2D eigenvalue weighted by atomic mass is 10.0. The van der Waals surface area contributed by atoms with Gasteiger partial charge in [0.2, 0.25) is 0 Å². The van der Waals surface area contributed by atoms with Crippen LogP contribution in [0.25, 0.3) is 0 Å². The highest BCUT2D eigenvalue weighted by Gasteiger charge is 2.39. The van der Waals surface area contributed by atoms with Crippen molar-refractivity contribution in [3.63, 3.8) is 0 Å². The molecule has 6 heteroatoms. The fourth-order valence-electron chi connectivity index (χ4n) is 2.20. The maximum Gasteiger partial charge on any atom is 0.327 e. The molecule has 124 valence electrons. The van der Waals surface area contributed by atoms with Crippen LogP contribution in [0.2, 0.25) is 0 Å². The molecule has 1 heterocycles. The highest BCUT2D eigenvalue weighted by Crippen LogP contribution is 2.23. The van der Waals surface area contributed by atoms with Gasteiger partial charge in [0.15, 0.2) is 0 Å². The molecular weight excluding hydrogens is 304 g/mol. The Hall–Kier alpha value is -2.24. The predicted molar refractivity (Wildman–Crippen MR) is 80.8 cm³/mol. The minimum atomic E-state index is -3.50. The Morgan fingerprint density at radius 1 is 1.17 bits per heavy atom. The lowest BCUT2D eigenvalue weighted by Gasteiger charge is -2.23. The predicted octanol–water partition coefficient (Wildman–Crippen LogP) is 3.01. The number of nitrogens with one attached hydrogen (secondary N) is 1. The van der Waals surface area contributed by atoms with E-state index >= 15 is 0 Å². The highest BCUT2D eigenvalue weighted by molar-refractivity contribution is 5.84. The van der Waals surface area contributed by atoms with Gasteiger partial charge in [0.05, 0.1) is 12.0 Å². The van der Waals surface area contributed by atoms with Crippen molar-refractivity contribution in [1.82, 2.24) is 5.32 Å². The van der Waals surface area contributed by atoms with E-state index in [0.717, 1.165) is 0 Å². The second-order valence-electron chi connectivity index (χ2n) is 5.58. The number of alkyl halides is 2. The standard InChI is InChI=1S/C17H19F2NO3/c1-12-7-5-6-10-17(18,19)16(22)20-14(11-23-15(12)21)13-8-3-2-4-9-13/h2-6,8-9,12,14H,7,10-11H2,1H3,(H,20,22)/b6-5+. The molecule has 0 saturated carbocycles. The van der Waals surface area contributed by atoms with Crippen LogP contribution in [0.3, 0.4) is 0 Å². The monoisotopic (exact) mass is 323 g/mol. The van der Waals surface area contributed by atoms with E-state index in [0.29, 0.717) is 12.0 Å². The molecule has 1 aliphatic heterocycles. The molecule has 0 aromatic heterocycles. The smallest absolute Gasteiger partial charge is 0.327 e. The number of halogens is 2. The summed E-state index contributed by atoms with van der Waals surface area (Å²) in [5.74, 6) is -5.72. The number of amides is 1. The van der Waals surface area contributed by atoms with E-state index in [9.17, 15) is 18.4 Å². The SMILES string of the molecule is CC1C/C=C/CC(F)(F)C(=O)NC(c2ccccc2)COC1=O. The first kappa shape index (κ1) is 17.1. The topological polar surface area (TPSA) is 55.4 Å². The molecule has 2 unspecified atom stereocenters. The van der Waals surface area contributed by atoms with E-state index in [1.165, 1.54) is 12.2 Å². The Labute approximate surface area is 133 Å². The first-order chi connectivity index (χ1) is 10.9. The van der Waals surface area contributed by atoms with Gasteiger partial charge in [0.25, 0.3) is 5.91 Å². The lowest BCUT2D eigenvalue weighted by molar-refractivity contribution is -0.152. The van der Waals surface area contributed by atoms with Crippen LogP contribution in [0, 0.1) is 5.92 Å². The average molecular weight is 323 g/mol. The van der Waals surface area contributed by atoms with Gasteiger partial charge in [-0.1, -0.05) is 49.4 Å². The fraction of sp³-hybridized carbons (Fsp3) is 0.412. The van der Waals surface area contributed by atoms with Gasteiger partial charge in [-0.25, -0.2) is 0 Å². The van der Waals surface area contributed by atoms with Crippen LogP contribution in [-0.2, 0) is 14.3 Å². The molecule has 1 aromatic rings. The van der Waals surface area contributed by atoms with Crippen LogP contribution >= 0.6 is 0 Å². The zero-order chi connectivity index (χ0) is 16.9. The molecular formula is C17H19F2NO3. The summed E-state index contributed by atoms with van der Waals surface area (Å²) >= 11 is 0. The number of rotatable bonds is 1. The first-order valence-electron chi connectivity index (χ1n) is 7.45. The zero-order valence-electron chi connectivity index (χ0n) is 12.8. The lowest BCUT2D eigenvalue weighted by Crippen LogP contribution is -2.43. The van der Waals surface area contributed by atoms with Crippen LogP contribution in [0.4, 0.5) is 8.78 Å². The van der Waals surface area contributed by atoms with Crippen molar-refractivity contribution in [3.8, 4) is 0 Å². The molecule has 4 nitrogen and oxygen atoms in total. The van der Waals surface area contributed by atoms with Crippen LogP contribution in [0.1, 0.15) is 31.4 Å². The number of carbonyl (C=O) groups is 2. The number of hydrogen-bond acceptors (Lipinski definition) is 3. The Morgan fingerprint density at radius 3 is 2.57 bits per heavy atom. The van der Waals surface area contributed by atoms with Crippen LogP contribution in [0.5, 0.6) is 0 Å². The summed E-state index contributed by atoms with van der Waals surface area (Å²) in [4.78, 5) is 23.7. The minimum absolute atomic E-state index is 0.182. The molecule has 2 atom stereocenters. The maximum atomic E-state index is 13.9. The second kappa shape index (κ2) is 7.35. The van der Waals surface area contributed by atoms with Gasteiger partial charge in [-0.3, -0.25) is 9.59 Å². The molecule has 0 radical (unpaired) electrons. The molecule has 23 heavy (non-hydrogen) atoms. The summed E-state index contributed by atoms with van der Waals surface area (Å²) in [6.07, 6.45) is 2.31. The average Bonchev–Trinajstić information content (AvgIpc) is 2.54. The zero-order valence-corrected chi connectivity index (χ0v) is 12.8. The molecule has 0 spiro atoms. The summed E-state index contributed by atoms with van der Waals surface area (Å²) in [6, 6.07) is 7.78. The molecule has 2 rings (SSSR count). The Kier molecular flexibility index (Phi) is 5.47. The van der Waals surface area contributed by atoms with Gasteiger partial charge < -0.3 is 10.1 Å². The van der Waals surface area contributed by atoms with E-state index in [1.54, 1.807) is 37.3 Å². The number of benzene rings is 1. The first-order valence-corrected chi connectivity index (χ1v) is 7.45. The summed E-state index contributed by atoms with van der Waals surface area (Å²) in [7, 11) is 0. The summed E-state index contributed by atoms with van der Waals surface area (Å²) in [6.45, 7) is 1.49. The van der Waals surface area contributed by atoms with E-state index in [-0.39, 0.29) is 6.61 Å². The third-order valence-corrected chi connectivity index (χ3v) is 3.66. The Morgan fingerprint density at radius 2 is 1.87 bits per heavy atom. The molecule has 1 N–H and O–H groups in total. The number of cyclic esters (lactones) is 1.